The van der Waals surface area contributed by atoms with Gasteiger partial charge in [-0.05, 0) is 11.8 Å². The van der Waals surface area contributed by atoms with Gasteiger partial charge in [-0.1, -0.05) is 110 Å². The van der Waals surface area contributed by atoms with Crippen LogP contribution >= 0.6 is 0 Å². The van der Waals surface area contributed by atoms with Crippen LogP contribution in [0, 0.1) is 0 Å². The average molecular weight is 611 g/mol. The van der Waals surface area contributed by atoms with Crippen molar-refractivity contribution in [3.05, 3.63) is 130 Å². The Labute approximate surface area is 245 Å². The number of hydrogen-bond donors (Lipinski definition) is 0. The average Bonchev–Trinajstić information content (AvgIpc) is 3.54. The molecule has 0 saturated heterocycles. The molecular formula is C32H36Cl2SiZr-2. The van der Waals surface area contributed by atoms with Gasteiger partial charge in [0.1, 0.15) is 0 Å². The van der Waals surface area contributed by atoms with Crippen molar-refractivity contribution in [3.8, 4) is 0 Å². The summed E-state index contributed by atoms with van der Waals surface area (Å²) in [5, 5.41) is 0. The summed E-state index contributed by atoms with van der Waals surface area (Å²) in [5.74, 6) is 1.29. The van der Waals surface area contributed by atoms with Gasteiger partial charge >= 0.3 is 41.9 Å². The van der Waals surface area contributed by atoms with Crippen LogP contribution in [0.1, 0.15) is 70.9 Å². The summed E-state index contributed by atoms with van der Waals surface area (Å²) in [7, 11) is 0. The first-order valence-corrected chi connectivity index (χ1v) is 18.9. The summed E-state index contributed by atoms with van der Waals surface area (Å²) in [5.41, 5.74) is 9.42. The van der Waals surface area contributed by atoms with Gasteiger partial charge in [-0.15, -0.1) is 0 Å². The zero-order valence-electron chi connectivity index (χ0n) is 21.4. The number of benzene rings is 2. The molecule has 0 bridgehead atoms. The molecule has 0 spiro atoms. The first kappa shape index (κ1) is 31.0. The molecule has 0 nitrogen and oxygen atoms in total. The summed E-state index contributed by atoms with van der Waals surface area (Å²) in [4.78, 5) is 0. The van der Waals surface area contributed by atoms with Gasteiger partial charge in [0.15, 0.2) is 0 Å². The van der Waals surface area contributed by atoms with Crippen LogP contribution in [0.5, 0.6) is 0 Å². The van der Waals surface area contributed by atoms with Crippen LogP contribution in [0.2, 0.25) is 13.1 Å². The van der Waals surface area contributed by atoms with E-state index in [-0.39, 0.29) is 30.2 Å². The maximum Gasteiger partial charge on any atom is -0.0461 e. The van der Waals surface area contributed by atoms with Gasteiger partial charge in [0, 0.05) is 0 Å². The Hall–Kier alpha value is -1.18. The molecule has 6 rings (SSSR count). The molecule has 0 amide bonds. The third-order valence-corrected chi connectivity index (χ3v) is 6.92. The van der Waals surface area contributed by atoms with Crippen molar-refractivity contribution in [1.82, 2.24) is 0 Å². The molecule has 2 atom stereocenters. The van der Waals surface area contributed by atoms with E-state index in [1.165, 1.54) is 49.7 Å². The van der Waals surface area contributed by atoms with Gasteiger partial charge in [0.25, 0.3) is 0 Å². The Morgan fingerprint density at radius 3 is 1.36 bits per heavy atom. The van der Waals surface area contributed by atoms with Gasteiger partial charge in [-0.3, -0.25) is 0 Å². The van der Waals surface area contributed by atoms with Gasteiger partial charge in [0.05, 0.1) is 0 Å². The van der Waals surface area contributed by atoms with Crippen LogP contribution < -0.4 is 24.8 Å². The number of hydrogen-bond acceptors (Lipinski definition) is 0. The molecule has 4 aromatic rings. The monoisotopic (exact) mass is 608 g/mol. The summed E-state index contributed by atoms with van der Waals surface area (Å²) >= 11 is 1.74. The van der Waals surface area contributed by atoms with E-state index in [1.54, 1.807) is 45.6 Å². The molecule has 0 saturated carbocycles. The first-order valence-electron chi connectivity index (χ1n) is 12.7. The Balaban J connectivity index is 0.000000211. The second kappa shape index (κ2) is 15.9. The standard InChI is InChI=1S/2C15H15.C2H6Si.2ClH.Zr/c2*1-2-6-12(7-3-1)14-10-4-8-13-9-5-11-15(13)14;1-3-2;;;/h2*1-3,5-7,9,11,14H,4,8,10H2;1-2H3;2*1H;/q2*-1;;;;+2/p-2. The Bertz CT molecular complexity index is 1070. The van der Waals surface area contributed by atoms with Crippen molar-refractivity contribution in [3.63, 3.8) is 0 Å². The largest absolute Gasteiger partial charge is 1.00 e. The first-order chi connectivity index (χ1) is 16.6. The molecule has 0 radical (unpaired) electrons. The summed E-state index contributed by atoms with van der Waals surface area (Å²) in [6.45, 7) is 4.62. The number of aryl methyl sites for hydroxylation is 2. The predicted molar refractivity (Wildman–Crippen MR) is 144 cm³/mol. The van der Waals surface area contributed by atoms with Crippen LogP contribution in [0.25, 0.3) is 0 Å². The van der Waals surface area contributed by atoms with E-state index >= 15 is 0 Å². The molecule has 188 valence electrons. The van der Waals surface area contributed by atoms with E-state index in [0.29, 0.717) is 11.8 Å². The molecule has 0 fully saturated rings. The SMILES string of the molecule is C[Si](C)=[Zr+2].[Cl-].[Cl-].c1ccc(C2CCCc3[cH-]ccc32)cc1.c1ccc(C2CCCc3[cH-]ccc32)cc1. The summed E-state index contributed by atoms with van der Waals surface area (Å²) < 4.78 is 0. The second-order valence-electron chi connectivity index (χ2n) is 9.72. The zero-order valence-corrected chi connectivity index (χ0v) is 26.4. The zero-order chi connectivity index (χ0) is 23.8. The van der Waals surface area contributed by atoms with Crippen molar-refractivity contribution in [2.45, 2.75) is 63.5 Å². The van der Waals surface area contributed by atoms with Crippen molar-refractivity contribution in [1.29, 1.82) is 0 Å². The number of halogens is 2. The molecule has 2 unspecified atom stereocenters. The molecule has 4 aromatic carbocycles. The van der Waals surface area contributed by atoms with Gasteiger partial charge in [0.2, 0.25) is 0 Å². The van der Waals surface area contributed by atoms with Crippen LogP contribution in [-0.2, 0) is 36.2 Å². The van der Waals surface area contributed by atoms with E-state index in [0.717, 1.165) is 0 Å². The molecule has 2 aliphatic carbocycles. The molecule has 0 aromatic heterocycles. The van der Waals surface area contributed by atoms with E-state index in [9.17, 15) is 0 Å². The fourth-order valence-electron chi connectivity index (χ4n) is 5.45. The third kappa shape index (κ3) is 8.42. The van der Waals surface area contributed by atoms with Crippen LogP contribution in [0.3, 0.4) is 0 Å². The van der Waals surface area contributed by atoms with E-state index < -0.39 is 0 Å². The fourth-order valence-corrected chi connectivity index (χ4v) is 5.45. The van der Waals surface area contributed by atoms with Gasteiger partial charge < -0.3 is 24.8 Å². The molecule has 2 aliphatic rings. The van der Waals surface area contributed by atoms with Crippen molar-refractivity contribution < 1.29 is 48.1 Å². The number of fused-ring (bicyclic) bond motifs is 2. The predicted octanol–water partition coefficient (Wildman–Crippen LogP) is 2.54. The second-order valence-corrected chi connectivity index (χ2v) is 19.1. The normalized spacial score (nSPS) is 17.3. The van der Waals surface area contributed by atoms with Crippen molar-refractivity contribution in [2.24, 2.45) is 0 Å². The van der Waals surface area contributed by atoms with Gasteiger partial charge in [-0.2, -0.15) is 46.5 Å². The Morgan fingerprint density at radius 1 is 0.639 bits per heavy atom. The van der Waals surface area contributed by atoms with Crippen LogP contribution in [0.15, 0.2) is 97.1 Å². The van der Waals surface area contributed by atoms with Crippen LogP contribution in [0.4, 0.5) is 0 Å². The minimum absolute atomic E-state index is 0. The number of rotatable bonds is 2. The Kier molecular flexibility index (Phi) is 13.7. The molecule has 0 aliphatic heterocycles. The van der Waals surface area contributed by atoms with E-state index in [2.05, 4.69) is 110 Å². The topological polar surface area (TPSA) is 0 Å². The van der Waals surface area contributed by atoms with Crippen LogP contribution in [-0.4, -0.2) is 5.43 Å². The quantitative estimate of drug-likeness (QED) is 0.242. The minimum Gasteiger partial charge on any atom is -1.00 e. The fraction of sp³-hybridized carbons (Fsp3) is 0.312. The molecule has 0 N–H and O–H groups in total. The van der Waals surface area contributed by atoms with Crippen molar-refractivity contribution in [2.75, 3.05) is 0 Å². The third-order valence-electron chi connectivity index (χ3n) is 6.92. The molecular weight excluding hydrogens is 575 g/mol. The Morgan fingerprint density at radius 2 is 1.00 bits per heavy atom. The smallest absolute Gasteiger partial charge is 0.0461 e. The molecule has 36 heavy (non-hydrogen) atoms. The van der Waals surface area contributed by atoms with Crippen molar-refractivity contribution >= 4 is 5.43 Å². The molecule has 4 heteroatoms. The van der Waals surface area contributed by atoms with E-state index in [4.69, 9.17) is 0 Å². The minimum atomic E-state index is 0. The maximum absolute atomic E-state index is 2.31. The van der Waals surface area contributed by atoms with E-state index in [1.807, 2.05) is 0 Å². The summed E-state index contributed by atoms with van der Waals surface area (Å²) in [6.07, 6.45) is 7.81. The maximum atomic E-state index is 2.31. The molecule has 0 heterocycles. The summed E-state index contributed by atoms with van der Waals surface area (Å²) in [6, 6.07) is 35.4. The van der Waals surface area contributed by atoms with Gasteiger partial charge in [-0.25, -0.2) is 12.1 Å².